The molecule has 1 amide bonds. The fourth-order valence-corrected chi connectivity index (χ4v) is 3.83. The molecule has 3 aromatic carbocycles. The van der Waals surface area contributed by atoms with Crippen LogP contribution in [-0.2, 0) is 6.54 Å². The van der Waals surface area contributed by atoms with Gasteiger partial charge < -0.3 is 14.8 Å². The van der Waals surface area contributed by atoms with Crippen molar-refractivity contribution in [2.45, 2.75) is 19.5 Å². The average molecular weight is 505 g/mol. The molecule has 37 heavy (non-hydrogen) atoms. The zero-order chi connectivity index (χ0) is 26.5. The molecule has 190 valence electrons. The molecule has 0 bridgehead atoms. The first-order valence-corrected chi connectivity index (χ1v) is 11.4. The fourth-order valence-electron chi connectivity index (χ4n) is 3.83. The molecule has 0 aliphatic rings. The minimum absolute atomic E-state index is 0.237. The van der Waals surface area contributed by atoms with Crippen molar-refractivity contribution in [1.29, 1.82) is 0 Å². The molecule has 4 rings (SSSR count). The normalized spacial score (nSPS) is 11.6. The quantitative estimate of drug-likeness (QED) is 0.396. The van der Waals surface area contributed by atoms with Crippen molar-refractivity contribution in [3.05, 3.63) is 116 Å². The van der Waals surface area contributed by atoms with E-state index in [9.17, 15) is 18.8 Å². The molecule has 1 heterocycles. The number of amides is 1. The number of carbonyl (C=O) groups excluding carboxylic acids is 1. The van der Waals surface area contributed by atoms with Gasteiger partial charge in [-0.25, -0.2) is 9.18 Å². The summed E-state index contributed by atoms with van der Waals surface area (Å²) in [4.78, 5) is 40.0. The first-order chi connectivity index (χ1) is 17.8. The molecule has 0 aliphatic carbocycles. The highest BCUT2D eigenvalue weighted by Crippen LogP contribution is 2.28. The maximum atomic E-state index is 13.8. The van der Waals surface area contributed by atoms with Gasteiger partial charge >= 0.3 is 5.69 Å². The number of aromatic nitrogens is 3. The Morgan fingerprint density at radius 3 is 2.38 bits per heavy atom. The van der Waals surface area contributed by atoms with Gasteiger partial charge in [-0.1, -0.05) is 42.5 Å². The second-order valence-corrected chi connectivity index (χ2v) is 8.21. The molecule has 0 saturated heterocycles. The number of methoxy groups -OCH3 is 2. The zero-order valence-electron chi connectivity index (χ0n) is 20.5. The Hall–Kier alpha value is -4.73. The van der Waals surface area contributed by atoms with Crippen molar-refractivity contribution in [2.24, 2.45) is 0 Å². The number of halogens is 1. The third-order valence-electron chi connectivity index (χ3n) is 5.76. The van der Waals surface area contributed by atoms with Crippen LogP contribution < -0.4 is 26.0 Å². The number of ether oxygens (including phenoxy) is 2. The van der Waals surface area contributed by atoms with E-state index in [0.717, 1.165) is 14.8 Å². The summed E-state index contributed by atoms with van der Waals surface area (Å²) in [5.41, 5.74) is -0.773. The largest absolute Gasteiger partial charge is 0.493 e. The Morgan fingerprint density at radius 1 is 0.973 bits per heavy atom. The lowest BCUT2D eigenvalue weighted by Crippen LogP contribution is -2.46. The molecule has 10 heteroatoms. The Kier molecular flexibility index (Phi) is 7.47. The number of hydrogen-bond acceptors (Lipinski definition) is 6. The van der Waals surface area contributed by atoms with Gasteiger partial charge in [0.2, 0.25) is 5.69 Å². The minimum atomic E-state index is -0.899. The van der Waals surface area contributed by atoms with E-state index < -0.39 is 34.7 Å². The summed E-state index contributed by atoms with van der Waals surface area (Å²) in [5.74, 6) is -0.541. The van der Waals surface area contributed by atoms with Crippen molar-refractivity contribution in [3.63, 3.8) is 0 Å². The first kappa shape index (κ1) is 25.4. The fraction of sp³-hybridized carbons (Fsp3) is 0.185. The van der Waals surface area contributed by atoms with Crippen LogP contribution in [0.4, 0.5) is 4.39 Å². The molecule has 0 fully saturated rings. The van der Waals surface area contributed by atoms with E-state index in [0.29, 0.717) is 17.1 Å². The van der Waals surface area contributed by atoms with Gasteiger partial charge in [0.05, 0.1) is 32.5 Å². The summed E-state index contributed by atoms with van der Waals surface area (Å²) in [7, 11) is 2.91. The van der Waals surface area contributed by atoms with Crippen molar-refractivity contribution in [3.8, 4) is 17.2 Å². The van der Waals surface area contributed by atoms with Crippen LogP contribution in [0.25, 0.3) is 5.69 Å². The van der Waals surface area contributed by atoms with E-state index in [-0.39, 0.29) is 12.2 Å². The van der Waals surface area contributed by atoms with Crippen LogP contribution in [0.2, 0.25) is 0 Å². The molecule has 1 atom stereocenters. The topological polar surface area (TPSA) is 104 Å². The van der Waals surface area contributed by atoms with Crippen molar-refractivity contribution in [2.75, 3.05) is 14.2 Å². The second kappa shape index (κ2) is 10.9. The lowest BCUT2D eigenvalue weighted by atomic mass is 10.1. The van der Waals surface area contributed by atoms with Gasteiger partial charge in [-0.3, -0.25) is 14.2 Å². The van der Waals surface area contributed by atoms with Crippen LogP contribution in [0.5, 0.6) is 11.5 Å². The third kappa shape index (κ3) is 5.43. The van der Waals surface area contributed by atoms with Crippen molar-refractivity contribution in [1.82, 2.24) is 19.7 Å². The molecule has 1 aromatic heterocycles. The predicted molar refractivity (Wildman–Crippen MR) is 135 cm³/mol. The average Bonchev–Trinajstić information content (AvgIpc) is 2.91. The predicted octanol–water partition coefficient (Wildman–Crippen LogP) is 3.09. The molecular weight excluding hydrogens is 479 g/mol. The highest BCUT2D eigenvalue weighted by Gasteiger charge is 2.23. The molecule has 0 radical (unpaired) electrons. The number of nitrogens with one attached hydrogen (secondary N) is 1. The molecule has 0 spiro atoms. The van der Waals surface area contributed by atoms with E-state index >= 15 is 0 Å². The summed E-state index contributed by atoms with van der Waals surface area (Å²) in [5, 5.41) is 6.89. The van der Waals surface area contributed by atoms with Gasteiger partial charge in [-0.05, 0) is 42.3 Å². The summed E-state index contributed by atoms with van der Waals surface area (Å²) in [6.45, 7) is 1.50. The van der Waals surface area contributed by atoms with Crippen LogP contribution >= 0.6 is 0 Å². The van der Waals surface area contributed by atoms with Crippen molar-refractivity contribution < 1.29 is 18.7 Å². The van der Waals surface area contributed by atoms with Gasteiger partial charge in [0.1, 0.15) is 5.82 Å². The smallest absolute Gasteiger partial charge is 0.352 e. The van der Waals surface area contributed by atoms with Gasteiger partial charge in [-0.2, -0.15) is 9.78 Å². The van der Waals surface area contributed by atoms with E-state index in [1.54, 1.807) is 25.1 Å². The molecule has 4 aromatic rings. The molecular formula is C27H25FN4O5. The SMILES string of the molecule is COc1ccc(-n2nc(C(=O)NC(C)c3ccccc3)c(=O)n(Cc3cccc(F)c3)c2=O)cc1OC. The lowest BCUT2D eigenvalue weighted by molar-refractivity contribution is 0.0930. The Bertz CT molecular complexity index is 1550. The molecule has 1 N–H and O–H groups in total. The van der Waals surface area contributed by atoms with Crippen LogP contribution in [-0.4, -0.2) is 34.5 Å². The van der Waals surface area contributed by atoms with E-state index in [1.807, 2.05) is 30.3 Å². The third-order valence-corrected chi connectivity index (χ3v) is 5.76. The van der Waals surface area contributed by atoms with Crippen LogP contribution in [0.15, 0.2) is 82.4 Å². The van der Waals surface area contributed by atoms with Crippen LogP contribution in [0.1, 0.15) is 34.6 Å². The minimum Gasteiger partial charge on any atom is -0.493 e. The maximum Gasteiger partial charge on any atom is 0.352 e. The first-order valence-electron chi connectivity index (χ1n) is 11.4. The molecule has 0 aliphatic heterocycles. The molecule has 1 unspecified atom stereocenters. The van der Waals surface area contributed by atoms with E-state index in [4.69, 9.17) is 9.47 Å². The van der Waals surface area contributed by atoms with Gasteiger partial charge in [0.15, 0.2) is 11.5 Å². The highest BCUT2D eigenvalue weighted by atomic mass is 19.1. The van der Waals surface area contributed by atoms with Crippen molar-refractivity contribution >= 4 is 5.91 Å². The lowest BCUT2D eigenvalue weighted by Gasteiger charge is -2.16. The van der Waals surface area contributed by atoms with Gasteiger partial charge in [0, 0.05) is 6.07 Å². The zero-order valence-corrected chi connectivity index (χ0v) is 20.5. The Balaban J connectivity index is 1.84. The maximum absolute atomic E-state index is 13.8. The van der Waals surface area contributed by atoms with Gasteiger partial charge in [-0.15, -0.1) is 0 Å². The summed E-state index contributed by atoms with van der Waals surface area (Å²) < 4.78 is 26.2. The number of benzene rings is 3. The molecule has 9 nitrogen and oxygen atoms in total. The number of carbonyl (C=O) groups is 1. The van der Waals surface area contributed by atoms with Crippen LogP contribution in [0, 0.1) is 5.82 Å². The monoisotopic (exact) mass is 504 g/mol. The molecule has 0 saturated carbocycles. The Labute approximate surface area is 211 Å². The van der Waals surface area contributed by atoms with E-state index in [2.05, 4.69) is 10.4 Å². The Morgan fingerprint density at radius 2 is 1.70 bits per heavy atom. The highest BCUT2D eigenvalue weighted by molar-refractivity contribution is 5.92. The number of hydrogen-bond donors (Lipinski definition) is 1. The summed E-state index contributed by atoms with van der Waals surface area (Å²) >= 11 is 0. The van der Waals surface area contributed by atoms with Gasteiger partial charge in [0.25, 0.3) is 11.5 Å². The number of rotatable bonds is 8. The summed E-state index contributed by atoms with van der Waals surface area (Å²) in [6, 6.07) is 18.9. The number of nitrogens with zero attached hydrogens (tertiary/aromatic N) is 3. The standard InChI is InChI=1S/C27H25FN4O5/c1-17(19-9-5-4-6-10-19)29-25(33)24-26(34)31(16-18-8-7-11-20(28)14-18)27(35)32(30-24)21-12-13-22(36-2)23(15-21)37-3/h4-15,17H,16H2,1-3H3,(H,29,33). The van der Waals surface area contributed by atoms with E-state index in [1.165, 1.54) is 38.5 Å². The van der Waals surface area contributed by atoms with Crippen LogP contribution in [0.3, 0.4) is 0 Å². The second-order valence-electron chi connectivity index (χ2n) is 8.21. The summed E-state index contributed by atoms with van der Waals surface area (Å²) in [6.07, 6.45) is 0.